The molecule has 0 spiro atoms. The monoisotopic (exact) mass is 349 g/mol. The van der Waals surface area contributed by atoms with Crippen LogP contribution in [0.15, 0.2) is 47.5 Å². The van der Waals surface area contributed by atoms with Crippen LogP contribution in [0.1, 0.15) is 18.4 Å². The van der Waals surface area contributed by atoms with E-state index in [1.807, 2.05) is 6.07 Å². The fraction of sp³-hybridized carbons (Fsp3) is 0.350. The summed E-state index contributed by atoms with van der Waals surface area (Å²) < 4.78 is 1.60. The Balaban J connectivity index is 1.41. The molecular weight excluding hydrogens is 326 g/mol. The molecule has 0 fully saturated rings. The average Bonchev–Trinajstić information content (AvgIpc) is 2.69. The molecule has 0 atom stereocenters. The zero-order chi connectivity index (χ0) is 17.9. The first kappa shape index (κ1) is 16.6. The van der Waals surface area contributed by atoms with Gasteiger partial charge in [-0.15, -0.1) is 0 Å². The first-order chi connectivity index (χ1) is 12.7. The number of anilines is 2. The SMILES string of the molecule is Cn1c(=O)c(NCCCN2CCCc3ccccc32)nc2ccncc21. The summed E-state index contributed by atoms with van der Waals surface area (Å²) in [6, 6.07) is 10.5. The van der Waals surface area contributed by atoms with Crippen LogP contribution >= 0.6 is 0 Å². The molecule has 1 aliphatic heterocycles. The number of benzene rings is 1. The molecule has 6 heteroatoms. The van der Waals surface area contributed by atoms with Crippen molar-refractivity contribution in [2.24, 2.45) is 7.05 Å². The van der Waals surface area contributed by atoms with Crippen molar-refractivity contribution in [2.45, 2.75) is 19.3 Å². The number of hydrogen-bond donors (Lipinski definition) is 1. The Morgan fingerprint density at radius 2 is 2.12 bits per heavy atom. The number of nitrogens with one attached hydrogen (secondary N) is 1. The quantitative estimate of drug-likeness (QED) is 0.718. The molecule has 0 radical (unpaired) electrons. The largest absolute Gasteiger partial charge is 0.371 e. The van der Waals surface area contributed by atoms with Crippen molar-refractivity contribution in [3.63, 3.8) is 0 Å². The molecular formula is C20H23N5O. The van der Waals surface area contributed by atoms with Crippen molar-refractivity contribution in [1.82, 2.24) is 14.5 Å². The third kappa shape index (κ3) is 3.14. The zero-order valence-electron chi connectivity index (χ0n) is 15.0. The summed E-state index contributed by atoms with van der Waals surface area (Å²) in [5.74, 6) is 0.408. The molecule has 0 bridgehead atoms. The van der Waals surface area contributed by atoms with Crippen LogP contribution in [0.2, 0.25) is 0 Å². The number of rotatable bonds is 5. The summed E-state index contributed by atoms with van der Waals surface area (Å²) in [7, 11) is 1.75. The Labute approximate surface area is 152 Å². The molecule has 0 unspecified atom stereocenters. The summed E-state index contributed by atoms with van der Waals surface area (Å²) in [6.07, 6.45) is 6.67. The predicted octanol–water partition coefficient (Wildman–Crippen LogP) is 2.58. The molecule has 1 aliphatic rings. The molecule has 2 aromatic heterocycles. The number of fused-ring (bicyclic) bond motifs is 2. The number of aryl methyl sites for hydroxylation is 2. The number of nitrogens with zero attached hydrogens (tertiary/aromatic N) is 4. The van der Waals surface area contributed by atoms with Crippen molar-refractivity contribution in [1.29, 1.82) is 0 Å². The molecule has 6 nitrogen and oxygen atoms in total. The normalized spacial score (nSPS) is 13.7. The van der Waals surface area contributed by atoms with Crippen molar-refractivity contribution in [3.8, 4) is 0 Å². The maximum absolute atomic E-state index is 12.4. The summed E-state index contributed by atoms with van der Waals surface area (Å²) in [5, 5.41) is 3.22. The lowest BCUT2D eigenvalue weighted by atomic mass is 10.0. The molecule has 3 heterocycles. The minimum atomic E-state index is -0.117. The highest BCUT2D eigenvalue weighted by molar-refractivity contribution is 5.74. The second-order valence-corrected chi connectivity index (χ2v) is 6.69. The third-order valence-electron chi connectivity index (χ3n) is 4.98. The topological polar surface area (TPSA) is 63.1 Å². The Kier molecular flexibility index (Phi) is 4.56. The van der Waals surface area contributed by atoms with Crippen LogP contribution in [0.4, 0.5) is 11.5 Å². The lowest BCUT2D eigenvalue weighted by Gasteiger charge is -2.31. The van der Waals surface area contributed by atoms with E-state index < -0.39 is 0 Å². The molecule has 26 heavy (non-hydrogen) atoms. The highest BCUT2D eigenvalue weighted by atomic mass is 16.1. The Bertz CT molecular complexity index is 981. The second-order valence-electron chi connectivity index (χ2n) is 6.69. The van der Waals surface area contributed by atoms with E-state index in [1.54, 1.807) is 24.0 Å². The molecule has 1 aromatic carbocycles. The second kappa shape index (κ2) is 7.15. The highest BCUT2D eigenvalue weighted by Crippen LogP contribution is 2.26. The summed E-state index contributed by atoms with van der Waals surface area (Å²) in [5.41, 5.74) is 4.19. The van der Waals surface area contributed by atoms with Gasteiger partial charge in [-0.3, -0.25) is 9.78 Å². The van der Waals surface area contributed by atoms with E-state index in [0.29, 0.717) is 5.82 Å². The molecule has 0 amide bonds. The van der Waals surface area contributed by atoms with E-state index in [0.717, 1.165) is 43.5 Å². The number of para-hydroxylation sites is 1. The van der Waals surface area contributed by atoms with Gasteiger partial charge in [0.25, 0.3) is 5.56 Å². The Hall–Kier alpha value is -2.89. The molecule has 4 rings (SSSR count). The van der Waals surface area contributed by atoms with Crippen LogP contribution in [0, 0.1) is 0 Å². The molecule has 134 valence electrons. The predicted molar refractivity (Wildman–Crippen MR) is 105 cm³/mol. The molecule has 0 saturated carbocycles. The van der Waals surface area contributed by atoms with Gasteiger partial charge in [-0.2, -0.15) is 0 Å². The third-order valence-corrected chi connectivity index (χ3v) is 4.98. The fourth-order valence-electron chi connectivity index (χ4n) is 3.60. The van der Waals surface area contributed by atoms with E-state index in [1.165, 1.54) is 17.7 Å². The molecule has 3 aromatic rings. The standard InChI is InChI=1S/C20H23N5O/c1-24-18-14-21-11-9-16(18)23-19(20(24)26)22-10-5-13-25-12-4-7-15-6-2-3-8-17(15)25/h2-3,6,8-9,11,14H,4-5,7,10,12-13H2,1H3,(H,22,23). The fourth-order valence-corrected chi connectivity index (χ4v) is 3.60. The van der Waals surface area contributed by atoms with Gasteiger partial charge < -0.3 is 14.8 Å². The van der Waals surface area contributed by atoms with E-state index >= 15 is 0 Å². The smallest absolute Gasteiger partial charge is 0.293 e. The van der Waals surface area contributed by atoms with Gasteiger partial charge in [0, 0.05) is 38.6 Å². The lowest BCUT2D eigenvalue weighted by molar-refractivity contribution is 0.673. The van der Waals surface area contributed by atoms with Crippen molar-refractivity contribution < 1.29 is 0 Å². The van der Waals surface area contributed by atoms with Gasteiger partial charge in [-0.25, -0.2) is 4.98 Å². The van der Waals surface area contributed by atoms with Crippen LogP contribution in [-0.2, 0) is 13.5 Å². The van der Waals surface area contributed by atoms with E-state index in [9.17, 15) is 4.79 Å². The molecule has 0 saturated heterocycles. The van der Waals surface area contributed by atoms with Crippen LogP contribution < -0.4 is 15.8 Å². The van der Waals surface area contributed by atoms with Gasteiger partial charge in [0.1, 0.15) is 0 Å². The maximum Gasteiger partial charge on any atom is 0.293 e. The van der Waals surface area contributed by atoms with Crippen LogP contribution in [0.25, 0.3) is 11.0 Å². The summed E-state index contributed by atoms with van der Waals surface area (Å²) in [6.45, 7) is 2.79. The van der Waals surface area contributed by atoms with Gasteiger partial charge in [0.05, 0.1) is 17.2 Å². The van der Waals surface area contributed by atoms with Crippen LogP contribution in [0.3, 0.4) is 0 Å². The first-order valence-corrected chi connectivity index (χ1v) is 9.11. The van der Waals surface area contributed by atoms with Crippen molar-refractivity contribution in [2.75, 3.05) is 29.9 Å². The molecule has 1 N–H and O–H groups in total. The number of aromatic nitrogens is 3. The van der Waals surface area contributed by atoms with E-state index in [4.69, 9.17) is 0 Å². The van der Waals surface area contributed by atoms with Gasteiger partial charge in [-0.1, -0.05) is 18.2 Å². The lowest BCUT2D eigenvalue weighted by Crippen LogP contribution is -2.31. The van der Waals surface area contributed by atoms with Crippen LogP contribution in [0.5, 0.6) is 0 Å². The minimum absolute atomic E-state index is 0.117. The number of pyridine rings is 1. The van der Waals surface area contributed by atoms with Crippen molar-refractivity contribution in [3.05, 3.63) is 58.6 Å². The van der Waals surface area contributed by atoms with Gasteiger partial charge in [-0.05, 0) is 37.0 Å². The summed E-state index contributed by atoms with van der Waals surface area (Å²) >= 11 is 0. The maximum atomic E-state index is 12.4. The number of hydrogen-bond acceptors (Lipinski definition) is 5. The van der Waals surface area contributed by atoms with Gasteiger partial charge >= 0.3 is 0 Å². The highest BCUT2D eigenvalue weighted by Gasteiger charge is 2.15. The summed E-state index contributed by atoms with van der Waals surface area (Å²) in [4.78, 5) is 23.4. The van der Waals surface area contributed by atoms with E-state index in [2.05, 4.69) is 44.5 Å². The van der Waals surface area contributed by atoms with E-state index in [-0.39, 0.29) is 5.56 Å². The Morgan fingerprint density at radius 1 is 1.23 bits per heavy atom. The average molecular weight is 349 g/mol. The van der Waals surface area contributed by atoms with Crippen molar-refractivity contribution >= 4 is 22.5 Å². The zero-order valence-corrected chi connectivity index (χ0v) is 15.0. The first-order valence-electron chi connectivity index (χ1n) is 9.11. The Morgan fingerprint density at radius 3 is 3.04 bits per heavy atom. The minimum Gasteiger partial charge on any atom is -0.371 e. The molecule has 0 aliphatic carbocycles. The van der Waals surface area contributed by atoms with Gasteiger partial charge in [0.2, 0.25) is 0 Å². The van der Waals surface area contributed by atoms with Gasteiger partial charge in [0.15, 0.2) is 5.82 Å². The van der Waals surface area contributed by atoms with Crippen LogP contribution in [-0.4, -0.2) is 34.2 Å².